The van der Waals surface area contributed by atoms with Crippen LogP contribution in [0.25, 0.3) is 76.6 Å². The second kappa shape index (κ2) is 10.8. The van der Waals surface area contributed by atoms with E-state index in [1.54, 1.807) is 11.3 Å². The van der Waals surface area contributed by atoms with Crippen LogP contribution >= 0.6 is 11.3 Å². The first-order chi connectivity index (χ1) is 21.3. The molecule has 6 aromatic carbocycles. The van der Waals surface area contributed by atoms with Crippen LogP contribution in [0, 0.1) is 0 Å². The number of hydrogen-bond acceptors (Lipinski definition) is 4. The maximum absolute atomic E-state index is 5.10. The summed E-state index contributed by atoms with van der Waals surface area (Å²) < 4.78 is 1.18. The molecule has 8 aromatic rings. The molecule has 0 amide bonds. The van der Waals surface area contributed by atoms with E-state index in [4.69, 9.17) is 15.0 Å². The molecule has 3 nitrogen and oxygen atoms in total. The average molecular weight is 568 g/mol. The third-order valence-electron chi connectivity index (χ3n) is 7.75. The Morgan fingerprint density at radius 1 is 0.395 bits per heavy atom. The van der Waals surface area contributed by atoms with Gasteiger partial charge in [-0.25, -0.2) is 15.0 Å². The molecule has 202 valence electrons. The number of aromatic nitrogens is 3. The van der Waals surface area contributed by atoms with E-state index in [9.17, 15) is 0 Å². The summed E-state index contributed by atoms with van der Waals surface area (Å²) in [6.45, 7) is 0. The van der Waals surface area contributed by atoms with Gasteiger partial charge in [-0.05, 0) is 46.2 Å². The van der Waals surface area contributed by atoms with E-state index in [2.05, 4.69) is 109 Å². The average Bonchev–Trinajstić information content (AvgIpc) is 3.52. The molecule has 0 N–H and O–H groups in total. The van der Waals surface area contributed by atoms with Crippen LogP contribution in [0.3, 0.4) is 0 Å². The first-order valence-electron chi connectivity index (χ1n) is 14.3. The molecule has 0 saturated carbocycles. The Balaban J connectivity index is 1.28. The number of thiazole rings is 1. The van der Waals surface area contributed by atoms with Crippen molar-refractivity contribution in [1.82, 2.24) is 15.0 Å². The Morgan fingerprint density at radius 2 is 0.930 bits per heavy atom. The van der Waals surface area contributed by atoms with Gasteiger partial charge in [-0.1, -0.05) is 127 Å². The van der Waals surface area contributed by atoms with E-state index in [0.717, 1.165) is 66.1 Å². The van der Waals surface area contributed by atoms with E-state index in [1.807, 2.05) is 42.5 Å². The van der Waals surface area contributed by atoms with Gasteiger partial charge >= 0.3 is 0 Å². The Bertz CT molecular complexity index is 2170. The first-order valence-corrected chi connectivity index (χ1v) is 15.1. The second-order valence-electron chi connectivity index (χ2n) is 10.5. The molecule has 0 aliphatic rings. The molecule has 4 heteroatoms. The molecule has 8 rings (SSSR count). The third-order valence-corrected chi connectivity index (χ3v) is 8.84. The molecule has 0 spiro atoms. The Kier molecular flexibility index (Phi) is 6.32. The van der Waals surface area contributed by atoms with Crippen molar-refractivity contribution in [1.29, 1.82) is 0 Å². The van der Waals surface area contributed by atoms with Crippen LogP contribution in [0.2, 0.25) is 0 Å². The van der Waals surface area contributed by atoms with Crippen LogP contribution in [0.4, 0.5) is 0 Å². The van der Waals surface area contributed by atoms with Gasteiger partial charge in [0.05, 0.1) is 21.6 Å². The van der Waals surface area contributed by atoms with Crippen molar-refractivity contribution in [3.63, 3.8) is 0 Å². The Labute approximate surface area is 253 Å². The highest BCUT2D eigenvalue weighted by atomic mass is 32.1. The molecule has 0 unspecified atom stereocenters. The predicted molar refractivity (Wildman–Crippen MR) is 180 cm³/mol. The standard InChI is InChI=1S/C39H25N3S/c1-4-12-26(13-5-1)34-25-35(27-14-6-2-7-15-27)41-38(40-34)33-22-21-30(31-18-10-11-19-32(31)33)29-20-23-37-36(24-29)42-39(43-37)28-16-8-3-9-17-28/h1-25H. The lowest BCUT2D eigenvalue weighted by Gasteiger charge is -2.13. The highest BCUT2D eigenvalue weighted by Gasteiger charge is 2.16. The molecule has 0 aliphatic carbocycles. The Morgan fingerprint density at radius 3 is 1.56 bits per heavy atom. The monoisotopic (exact) mass is 567 g/mol. The highest BCUT2D eigenvalue weighted by Crippen LogP contribution is 2.38. The van der Waals surface area contributed by atoms with Crippen molar-refractivity contribution in [2.75, 3.05) is 0 Å². The Hall–Kier alpha value is -5.45. The summed E-state index contributed by atoms with van der Waals surface area (Å²) in [4.78, 5) is 15.2. The minimum atomic E-state index is 0.713. The molecule has 0 fully saturated rings. The van der Waals surface area contributed by atoms with Gasteiger partial charge in [-0.15, -0.1) is 11.3 Å². The molecule has 43 heavy (non-hydrogen) atoms. The van der Waals surface area contributed by atoms with Gasteiger partial charge in [-0.2, -0.15) is 0 Å². The number of benzene rings is 6. The molecule has 2 heterocycles. The summed E-state index contributed by atoms with van der Waals surface area (Å²) >= 11 is 1.73. The molecule has 0 atom stereocenters. The lowest BCUT2D eigenvalue weighted by molar-refractivity contribution is 1.19. The molecule has 0 radical (unpaired) electrons. The van der Waals surface area contributed by atoms with E-state index in [0.29, 0.717) is 5.82 Å². The van der Waals surface area contributed by atoms with Crippen molar-refractivity contribution in [2.45, 2.75) is 0 Å². The normalized spacial score (nSPS) is 11.3. The summed E-state index contributed by atoms with van der Waals surface area (Å²) in [6, 6.07) is 52.6. The van der Waals surface area contributed by atoms with Gasteiger partial charge in [0.15, 0.2) is 5.82 Å². The fourth-order valence-electron chi connectivity index (χ4n) is 5.63. The van der Waals surface area contributed by atoms with Crippen LogP contribution in [0.5, 0.6) is 0 Å². The zero-order valence-corrected chi connectivity index (χ0v) is 24.0. The summed E-state index contributed by atoms with van der Waals surface area (Å²) in [5, 5.41) is 3.32. The lowest BCUT2D eigenvalue weighted by atomic mass is 9.94. The van der Waals surface area contributed by atoms with Crippen molar-refractivity contribution in [3.05, 3.63) is 152 Å². The van der Waals surface area contributed by atoms with Crippen LogP contribution in [-0.2, 0) is 0 Å². The van der Waals surface area contributed by atoms with E-state index in [1.165, 1.54) is 4.70 Å². The van der Waals surface area contributed by atoms with Gasteiger partial charge in [0, 0.05) is 22.3 Å². The van der Waals surface area contributed by atoms with Gasteiger partial charge in [0.2, 0.25) is 0 Å². The lowest BCUT2D eigenvalue weighted by Crippen LogP contribution is -1.97. The largest absolute Gasteiger partial charge is 0.236 e. The van der Waals surface area contributed by atoms with Gasteiger partial charge in [-0.3, -0.25) is 0 Å². The smallest absolute Gasteiger partial charge is 0.161 e. The van der Waals surface area contributed by atoms with Crippen molar-refractivity contribution in [2.24, 2.45) is 0 Å². The third kappa shape index (κ3) is 4.78. The number of rotatable bonds is 5. The maximum atomic E-state index is 5.10. The van der Waals surface area contributed by atoms with E-state index in [-0.39, 0.29) is 0 Å². The van der Waals surface area contributed by atoms with Gasteiger partial charge in [0.1, 0.15) is 5.01 Å². The number of nitrogens with zero attached hydrogens (tertiary/aromatic N) is 3. The van der Waals surface area contributed by atoms with E-state index >= 15 is 0 Å². The van der Waals surface area contributed by atoms with Crippen LogP contribution < -0.4 is 0 Å². The fraction of sp³-hybridized carbons (Fsp3) is 0. The predicted octanol–water partition coefficient (Wildman–Crippen LogP) is 10.6. The fourth-order valence-corrected chi connectivity index (χ4v) is 6.58. The molecular weight excluding hydrogens is 543 g/mol. The maximum Gasteiger partial charge on any atom is 0.161 e. The molecule has 0 saturated heterocycles. The molecule has 0 bridgehead atoms. The van der Waals surface area contributed by atoms with Gasteiger partial charge < -0.3 is 0 Å². The summed E-state index contributed by atoms with van der Waals surface area (Å²) in [7, 11) is 0. The second-order valence-corrected chi connectivity index (χ2v) is 11.5. The highest BCUT2D eigenvalue weighted by molar-refractivity contribution is 7.21. The zero-order valence-electron chi connectivity index (χ0n) is 23.2. The van der Waals surface area contributed by atoms with Crippen molar-refractivity contribution < 1.29 is 0 Å². The minimum Gasteiger partial charge on any atom is -0.236 e. The first kappa shape index (κ1) is 25.3. The number of hydrogen-bond donors (Lipinski definition) is 0. The quantitative estimate of drug-likeness (QED) is 0.208. The topological polar surface area (TPSA) is 38.7 Å². The van der Waals surface area contributed by atoms with Crippen LogP contribution in [0.1, 0.15) is 0 Å². The van der Waals surface area contributed by atoms with Gasteiger partial charge in [0.25, 0.3) is 0 Å². The summed E-state index contributed by atoms with van der Waals surface area (Å²) in [5.41, 5.74) is 9.42. The van der Waals surface area contributed by atoms with Crippen LogP contribution in [0.15, 0.2) is 152 Å². The zero-order chi connectivity index (χ0) is 28.6. The number of fused-ring (bicyclic) bond motifs is 2. The van der Waals surface area contributed by atoms with Crippen molar-refractivity contribution >= 4 is 32.3 Å². The van der Waals surface area contributed by atoms with E-state index < -0.39 is 0 Å². The summed E-state index contributed by atoms with van der Waals surface area (Å²) in [6.07, 6.45) is 0. The summed E-state index contributed by atoms with van der Waals surface area (Å²) in [5.74, 6) is 0.713. The minimum absolute atomic E-state index is 0.713. The van der Waals surface area contributed by atoms with Crippen molar-refractivity contribution in [3.8, 4) is 55.6 Å². The molecule has 0 aliphatic heterocycles. The van der Waals surface area contributed by atoms with Crippen LogP contribution in [-0.4, -0.2) is 15.0 Å². The molecule has 2 aromatic heterocycles. The molecular formula is C39H25N3S. The SMILES string of the molecule is c1ccc(-c2cc(-c3ccccc3)nc(-c3ccc(-c4ccc5sc(-c6ccccc6)nc5c4)c4ccccc34)n2)cc1.